The highest BCUT2D eigenvalue weighted by Gasteiger charge is 2.26. The molecule has 0 saturated heterocycles. The van der Waals surface area contributed by atoms with Gasteiger partial charge in [-0.15, -0.1) is 0 Å². The molecule has 2 rings (SSSR count). The summed E-state index contributed by atoms with van der Waals surface area (Å²) in [5, 5.41) is 14.9. The van der Waals surface area contributed by atoms with Crippen molar-refractivity contribution in [3.63, 3.8) is 0 Å². The summed E-state index contributed by atoms with van der Waals surface area (Å²) in [4.78, 5) is 14.8. The fourth-order valence-corrected chi connectivity index (χ4v) is 1.67. The zero-order chi connectivity index (χ0) is 14.2. The zero-order valence-corrected chi connectivity index (χ0v) is 10.9. The third-order valence-corrected chi connectivity index (χ3v) is 2.65. The number of nitrogens with two attached hydrogens (primary N) is 1. The number of hydrogen-bond acceptors (Lipinski definition) is 6. The average Bonchev–Trinajstić information content (AvgIpc) is 2.76. The van der Waals surface area contributed by atoms with Gasteiger partial charge in [-0.3, -0.25) is 10.1 Å². The summed E-state index contributed by atoms with van der Waals surface area (Å²) in [5.41, 5.74) is 5.89. The van der Waals surface area contributed by atoms with Crippen LogP contribution >= 0.6 is 0 Å². The van der Waals surface area contributed by atoms with Crippen LogP contribution in [0.3, 0.4) is 0 Å². The van der Waals surface area contributed by atoms with Crippen LogP contribution in [0.15, 0.2) is 22.7 Å². The largest absolute Gasteiger partial charge is 0.334 e. The minimum Gasteiger partial charge on any atom is -0.334 e. The predicted molar refractivity (Wildman–Crippen MR) is 68.3 cm³/mol. The van der Waals surface area contributed by atoms with Crippen molar-refractivity contribution in [1.29, 1.82) is 0 Å². The lowest BCUT2D eigenvalue weighted by Crippen LogP contribution is -2.30. The van der Waals surface area contributed by atoms with Gasteiger partial charge in [0.05, 0.1) is 10.5 Å². The Morgan fingerprint density at radius 3 is 2.63 bits per heavy atom. The number of benzene rings is 1. The molecule has 19 heavy (non-hydrogen) atoms. The van der Waals surface area contributed by atoms with Gasteiger partial charge < -0.3 is 10.3 Å². The number of rotatable bonds is 3. The van der Waals surface area contributed by atoms with E-state index in [1.165, 1.54) is 0 Å². The normalized spacial score (nSPS) is 11.6. The fraction of sp³-hybridized carbons (Fsp3) is 0.333. The van der Waals surface area contributed by atoms with Gasteiger partial charge in [0.1, 0.15) is 5.56 Å². The first-order valence-electron chi connectivity index (χ1n) is 5.68. The zero-order valence-electron chi connectivity index (χ0n) is 10.9. The van der Waals surface area contributed by atoms with Gasteiger partial charge in [0.15, 0.2) is 5.82 Å². The Kier molecular flexibility index (Phi) is 3.07. The van der Waals surface area contributed by atoms with Crippen molar-refractivity contribution in [1.82, 2.24) is 10.1 Å². The fourth-order valence-electron chi connectivity index (χ4n) is 1.67. The Hall–Kier alpha value is -2.28. The molecule has 0 aliphatic rings. The lowest BCUT2D eigenvalue weighted by atomic mass is 10.1. The van der Waals surface area contributed by atoms with Crippen LogP contribution in [0.1, 0.15) is 25.2 Å². The Labute approximate surface area is 109 Å². The number of nitro benzene ring substituents is 1. The van der Waals surface area contributed by atoms with Crippen molar-refractivity contribution in [3.05, 3.63) is 39.7 Å². The molecule has 0 bridgehead atoms. The van der Waals surface area contributed by atoms with E-state index in [0.717, 1.165) is 0 Å². The van der Waals surface area contributed by atoms with Gasteiger partial charge in [0.2, 0.25) is 0 Å². The topological polar surface area (TPSA) is 108 Å². The molecular formula is C12H14N4O3. The summed E-state index contributed by atoms with van der Waals surface area (Å²) in [5.74, 6) is 0.405. The Morgan fingerprint density at radius 2 is 2.11 bits per heavy atom. The molecule has 0 aliphatic carbocycles. The number of hydrogen-bond donors (Lipinski definition) is 1. The van der Waals surface area contributed by atoms with Gasteiger partial charge in [-0.05, 0) is 26.8 Å². The van der Waals surface area contributed by atoms with Crippen LogP contribution in [0, 0.1) is 17.0 Å². The summed E-state index contributed by atoms with van der Waals surface area (Å²) < 4.78 is 5.08. The summed E-state index contributed by atoms with van der Waals surface area (Å²) in [6.45, 7) is 5.12. The second kappa shape index (κ2) is 4.43. The number of para-hydroxylation sites is 1. The minimum absolute atomic E-state index is 0.0347. The first kappa shape index (κ1) is 13.2. The first-order valence-corrected chi connectivity index (χ1v) is 5.68. The summed E-state index contributed by atoms with van der Waals surface area (Å²) in [6, 6.07) is 4.94. The van der Waals surface area contributed by atoms with E-state index in [4.69, 9.17) is 10.3 Å². The van der Waals surface area contributed by atoms with Crippen molar-refractivity contribution in [2.45, 2.75) is 26.3 Å². The monoisotopic (exact) mass is 262 g/mol. The molecule has 0 unspecified atom stereocenters. The Morgan fingerprint density at radius 1 is 1.42 bits per heavy atom. The van der Waals surface area contributed by atoms with Crippen molar-refractivity contribution in [2.24, 2.45) is 5.73 Å². The quantitative estimate of drug-likeness (QED) is 0.670. The maximum atomic E-state index is 11.1. The van der Waals surface area contributed by atoms with Crippen molar-refractivity contribution >= 4 is 5.69 Å². The maximum absolute atomic E-state index is 11.1. The molecule has 7 heteroatoms. The van der Waals surface area contributed by atoms with E-state index < -0.39 is 10.5 Å². The van der Waals surface area contributed by atoms with Gasteiger partial charge in [0.25, 0.3) is 11.6 Å². The van der Waals surface area contributed by atoms with Crippen molar-refractivity contribution < 1.29 is 9.45 Å². The van der Waals surface area contributed by atoms with E-state index in [9.17, 15) is 10.1 Å². The first-order chi connectivity index (χ1) is 8.80. The molecule has 1 aromatic carbocycles. The van der Waals surface area contributed by atoms with E-state index in [0.29, 0.717) is 17.0 Å². The Balaban J connectivity index is 2.57. The predicted octanol–water partition coefficient (Wildman–Crippen LogP) is 2.15. The number of aromatic nitrogens is 2. The van der Waals surface area contributed by atoms with Gasteiger partial charge in [-0.2, -0.15) is 4.98 Å². The van der Waals surface area contributed by atoms with E-state index in [1.54, 1.807) is 39.0 Å². The third-order valence-electron chi connectivity index (χ3n) is 2.65. The van der Waals surface area contributed by atoms with E-state index in [-0.39, 0.29) is 11.6 Å². The molecule has 0 saturated carbocycles. The molecule has 2 aromatic rings. The molecule has 0 radical (unpaired) electrons. The standard InChI is InChI=1S/C12H14N4O3/c1-7-5-4-6-8(9(7)16(17)18)10-14-11(15-19-10)12(2,3)13/h4-6H,13H2,1-3H3. The number of aryl methyl sites for hydroxylation is 1. The van der Waals surface area contributed by atoms with E-state index in [1.807, 2.05) is 0 Å². The van der Waals surface area contributed by atoms with E-state index >= 15 is 0 Å². The highest BCUT2D eigenvalue weighted by molar-refractivity contribution is 5.69. The van der Waals surface area contributed by atoms with Gasteiger partial charge in [-0.1, -0.05) is 17.3 Å². The number of nitrogens with zero attached hydrogens (tertiary/aromatic N) is 3. The molecule has 2 N–H and O–H groups in total. The van der Waals surface area contributed by atoms with Crippen LogP contribution in [-0.2, 0) is 5.54 Å². The highest BCUT2D eigenvalue weighted by Crippen LogP contribution is 2.32. The van der Waals surface area contributed by atoms with Crippen LogP contribution in [0.2, 0.25) is 0 Å². The maximum Gasteiger partial charge on any atom is 0.285 e. The third kappa shape index (κ3) is 2.45. The molecule has 0 atom stereocenters. The molecule has 100 valence electrons. The molecule has 0 aliphatic heterocycles. The number of nitro groups is 1. The molecular weight excluding hydrogens is 248 g/mol. The molecule has 7 nitrogen and oxygen atoms in total. The lowest BCUT2D eigenvalue weighted by molar-refractivity contribution is -0.384. The van der Waals surface area contributed by atoms with Gasteiger partial charge in [0, 0.05) is 5.56 Å². The van der Waals surface area contributed by atoms with Crippen molar-refractivity contribution in [3.8, 4) is 11.5 Å². The minimum atomic E-state index is -0.764. The van der Waals surface area contributed by atoms with Crippen LogP contribution in [0.5, 0.6) is 0 Å². The second-order valence-corrected chi connectivity index (χ2v) is 4.87. The van der Waals surface area contributed by atoms with Crippen molar-refractivity contribution in [2.75, 3.05) is 0 Å². The smallest absolute Gasteiger partial charge is 0.285 e. The lowest BCUT2D eigenvalue weighted by Gasteiger charge is -2.11. The van der Waals surface area contributed by atoms with Gasteiger partial charge in [-0.25, -0.2) is 0 Å². The average molecular weight is 262 g/mol. The molecule has 0 fully saturated rings. The highest BCUT2D eigenvalue weighted by atomic mass is 16.6. The van der Waals surface area contributed by atoms with Crippen LogP contribution < -0.4 is 5.73 Å². The van der Waals surface area contributed by atoms with Crippen LogP contribution in [-0.4, -0.2) is 15.1 Å². The van der Waals surface area contributed by atoms with Crippen LogP contribution in [0.25, 0.3) is 11.5 Å². The van der Waals surface area contributed by atoms with Gasteiger partial charge >= 0.3 is 0 Å². The summed E-state index contributed by atoms with van der Waals surface area (Å²) in [7, 11) is 0. The molecule has 0 amide bonds. The molecule has 0 spiro atoms. The second-order valence-electron chi connectivity index (χ2n) is 4.87. The molecule has 1 heterocycles. The van der Waals surface area contributed by atoms with Crippen LogP contribution in [0.4, 0.5) is 5.69 Å². The molecule has 1 aromatic heterocycles. The van der Waals surface area contributed by atoms with E-state index in [2.05, 4.69) is 10.1 Å². The summed E-state index contributed by atoms with van der Waals surface area (Å²) in [6.07, 6.45) is 0. The Bertz CT molecular complexity index is 628. The SMILES string of the molecule is Cc1cccc(-c2nc(C(C)(C)N)no2)c1[N+](=O)[O-]. The summed E-state index contributed by atoms with van der Waals surface area (Å²) >= 11 is 0.